The lowest BCUT2D eigenvalue weighted by Crippen LogP contribution is -1.98. The first-order chi connectivity index (χ1) is 10.1. The fourth-order valence-electron chi connectivity index (χ4n) is 2.92. The Morgan fingerprint density at radius 2 is 1.95 bits per heavy atom. The van der Waals surface area contributed by atoms with Crippen LogP contribution < -0.4 is 5.73 Å². The van der Waals surface area contributed by atoms with Crippen LogP contribution in [0.4, 0.5) is 5.82 Å². The van der Waals surface area contributed by atoms with Crippen LogP contribution in [-0.4, -0.2) is 9.38 Å². The van der Waals surface area contributed by atoms with Gasteiger partial charge in [-0.05, 0) is 37.6 Å². The molecular formula is C17H15N3S. The number of nitrogens with zero attached hydrogens (tertiary/aromatic N) is 2. The first-order valence-electron chi connectivity index (χ1n) is 6.87. The maximum atomic E-state index is 6.38. The van der Waals surface area contributed by atoms with E-state index in [0.29, 0.717) is 5.82 Å². The van der Waals surface area contributed by atoms with Crippen LogP contribution in [-0.2, 0) is 0 Å². The largest absolute Gasteiger partial charge is 0.383 e. The second kappa shape index (κ2) is 4.33. The van der Waals surface area contributed by atoms with Crippen molar-refractivity contribution >= 4 is 32.9 Å². The van der Waals surface area contributed by atoms with Gasteiger partial charge in [-0.1, -0.05) is 18.2 Å². The van der Waals surface area contributed by atoms with Crippen LogP contribution in [0.2, 0.25) is 0 Å². The minimum atomic E-state index is 0.714. The number of anilines is 1. The van der Waals surface area contributed by atoms with Crippen LogP contribution in [0.3, 0.4) is 0 Å². The number of rotatable bonds is 1. The number of nitrogens with two attached hydrogens (primary N) is 1. The second-order valence-corrected chi connectivity index (χ2v) is 6.27. The summed E-state index contributed by atoms with van der Waals surface area (Å²) in [7, 11) is 0. The average molecular weight is 293 g/mol. The molecule has 0 fully saturated rings. The van der Waals surface area contributed by atoms with Crippen molar-refractivity contribution in [3.63, 3.8) is 0 Å². The molecule has 2 N–H and O–H groups in total. The summed E-state index contributed by atoms with van der Waals surface area (Å²) in [6.07, 6.45) is 0. The van der Waals surface area contributed by atoms with Gasteiger partial charge in [-0.15, -0.1) is 11.3 Å². The molecule has 3 nitrogen and oxygen atoms in total. The van der Waals surface area contributed by atoms with Gasteiger partial charge in [-0.3, -0.25) is 4.40 Å². The van der Waals surface area contributed by atoms with Crippen molar-refractivity contribution in [2.24, 2.45) is 0 Å². The molecule has 104 valence electrons. The molecule has 0 saturated carbocycles. The van der Waals surface area contributed by atoms with Gasteiger partial charge in [0.05, 0.1) is 0 Å². The predicted octanol–water partition coefficient (Wildman–Crippen LogP) is 4.42. The van der Waals surface area contributed by atoms with E-state index in [0.717, 1.165) is 22.6 Å². The van der Waals surface area contributed by atoms with Crippen LogP contribution in [0.5, 0.6) is 0 Å². The number of hydrogen-bond donors (Lipinski definition) is 1. The third kappa shape index (κ3) is 1.76. The van der Waals surface area contributed by atoms with Crippen LogP contribution >= 0.6 is 11.3 Å². The fourth-order valence-corrected chi connectivity index (χ4v) is 3.86. The van der Waals surface area contributed by atoms with Crippen molar-refractivity contribution in [2.45, 2.75) is 13.8 Å². The quantitative estimate of drug-likeness (QED) is 0.564. The van der Waals surface area contributed by atoms with E-state index in [1.165, 1.54) is 15.6 Å². The molecule has 1 aromatic carbocycles. The van der Waals surface area contributed by atoms with Crippen LogP contribution in [0.15, 0.2) is 41.8 Å². The smallest absolute Gasteiger partial charge is 0.139 e. The molecule has 3 aromatic heterocycles. The van der Waals surface area contributed by atoms with Crippen LogP contribution in [0.1, 0.15) is 11.3 Å². The molecular weight excluding hydrogens is 278 g/mol. The molecule has 21 heavy (non-hydrogen) atoms. The van der Waals surface area contributed by atoms with Gasteiger partial charge in [0, 0.05) is 26.7 Å². The maximum absolute atomic E-state index is 6.38. The highest BCUT2D eigenvalue weighted by Crippen LogP contribution is 2.36. The van der Waals surface area contributed by atoms with Gasteiger partial charge in [-0.2, -0.15) is 0 Å². The molecule has 0 bridgehead atoms. The summed E-state index contributed by atoms with van der Waals surface area (Å²) in [5.74, 6) is 0.714. The van der Waals surface area contributed by atoms with E-state index in [1.54, 1.807) is 11.3 Å². The molecule has 4 heteroatoms. The van der Waals surface area contributed by atoms with Gasteiger partial charge in [0.25, 0.3) is 0 Å². The van der Waals surface area contributed by atoms with E-state index in [1.807, 2.05) is 4.40 Å². The molecule has 0 radical (unpaired) electrons. The molecule has 0 aliphatic rings. The van der Waals surface area contributed by atoms with E-state index in [2.05, 4.69) is 55.6 Å². The lowest BCUT2D eigenvalue weighted by atomic mass is 10.1. The summed E-state index contributed by atoms with van der Waals surface area (Å²) in [6, 6.07) is 12.6. The molecule has 0 saturated heterocycles. The zero-order chi connectivity index (χ0) is 14.6. The minimum Gasteiger partial charge on any atom is -0.383 e. The lowest BCUT2D eigenvalue weighted by Gasteiger charge is -2.03. The normalized spacial score (nSPS) is 11.5. The van der Waals surface area contributed by atoms with Crippen LogP contribution in [0, 0.1) is 13.8 Å². The summed E-state index contributed by atoms with van der Waals surface area (Å²) < 4.78 is 3.28. The Labute approximate surface area is 126 Å². The molecule has 0 aliphatic carbocycles. The zero-order valence-electron chi connectivity index (χ0n) is 11.9. The van der Waals surface area contributed by atoms with Gasteiger partial charge in [0.15, 0.2) is 0 Å². The lowest BCUT2D eigenvalue weighted by molar-refractivity contribution is 1.09. The molecule has 4 aromatic rings. The standard InChI is InChI=1S/C17H15N3S/c1-10-7-11(2)20-15(8-10)19-16(17(20)18)13-9-21-14-6-4-3-5-12(13)14/h3-9H,18H2,1-2H3. The van der Waals surface area contributed by atoms with E-state index in [-0.39, 0.29) is 0 Å². The number of pyridine rings is 1. The maximum Gasteiger partial charge on any atom is 0.139 e. The van der Waals surface area contributed by atoms with Crippen molar-refractivity contribution in [3.8, 4) is 11.3 Å². The highest BCUT2D eigenvalue weighted by molar-refractivity contribution is 7.17. The molecule has 0 unspecified atom stereocenters. The molecule has 0 amide bonds. The Bertz CT molecular complexity index is 978. The number of imidazole rings is 1. The third-order valence-electron chi connectivity index (χ3n) is 3.82. The van der Waals surface area contributed by atoms with E-state index in [9.17, 15) is 0 Å². The number of benzene rings is 1. The van der Waals surface area contributed by atoms with Crippen molar-refractivity contribution < 1.29 is 0 Å². The minimum absolute atomic E-state index is 0.714. The Kier molecular flexibility index (Phi) is 2.56. The second-order valence-electron chi connectivity index (χ2n) is 5.36. The highest BCUT2D eigenvalue weighted by Gasteiger charge is 2.16. The molecule has 4 rings (SSSR count). The number of thiophene rings is 1. The Morgan fingerprint density at radius 1 is 1.14 bits per heavy atom. The zero-order valence-corrected chi connectivity index (χ0v) is 12.7. The van der Waals surface area contributed by atoms with Crippen molar-refractivity contribution in [2.75, 3.05) is 5.73 Å². The van der Waals surface area contributed by atoms with Gasteiger partial charge in [0.1, 0.15) is 17.2 Å². The van der Waals surface area contributed by atoms with E-state index >= 15 is 0 Å². The highest BCUT2D eigenvalue weighted by atomic mass is 32.1. The summed E-state index contributed by atoms with van der Waals surface area (Å²) in [5.41, 5.74) is 11.6. The van der Waals surface area contributed by atoms with Gasteiger partial charge >= 0.3 is 0 Å². The monoisotopic (exact) mass is 293 g/mol. The summed E-state index contributed by atoms with van der Waals surface area (Å²) in [5, 5.41) is 3.36. The van der Waals surface area contributed by atoms with E-state index < -0.39 is 0 Å². The average Bonchev–Trinajstić information content (AvgIpc) is 3.00. The third-order valence-corrected chi connectivity index (χ3v) is 4.78. The molecule has 3 heterocycles. The summed E-state index contributed by atoms with van der Waals surface area (Å²) in [6.45, 7) is 4.14. The molecule has 0 atom stereocenters. The number of aromatic nitrogens is 2. The number of fused-ring (bicyclic) bond motifs is 2. The first kappa shape index (κ1) is 12.4. The van der Waals surface area contributed by atoms with Crippen molar-refractivity contribution in [3.05, 3.63) is 53.0 Å². The summed E-state index contributed by atoms with van der Waals surface area (Å²) in [4.78, 5) is 4.77. The fraction of sp³-hybridized carbons (Fsp3) is 0.118. The van der Waals surface area contributed by atoms with Gasteiger partial charge in [0.2, 0.25) is 0 Å². The van der Waals surface area contributed by atoms with Gasteiger partial charge < -0.3 is 5.73 Å². The number of hydrogen-bond acceptors (Lipinski definition) is 3. The Morgan fingerprint density at radius 3 is 2.81 bits per heavy atom. The number of nitrogen functional groups attached to an aromatic ring is 1. The number of aryl methyl sites for hydroxylation is 2. The Hall–Kier alpha value is -2.33. The summed E-state index contributed by atoms with van der Waals surface area (Å²) >= 11 is 1.73. The van der Waals surface area contributed by atoms with Gasteiger partial charge in [-0.25, -0.2) is 4.98 Å². The van der Waals surface area contributed by atoms with Crippen molar-refractivity contribution in [1.82, 2.24) is 9.38 Å². The van der Waals surface area contributed by atoms with E-state index in [4.69, 9.17) is 10.7 Å². The van der Waals surface area contributed by atoms with Crippen LogP contribution in [0.25, 0.3) is 27.0 Å². The van der Waals surface area contributed by atoms with Crippen molar-refractivity contribution in [1.29, 1.82) is 0 Å². The topological polar surface area (TPSA) is 43.3 Å². The SMILES string of the molecule is Cc1cc(C)n2c(N)c(-c3csc4ccccc34)nc2c1. The Balaban J connectivity index is 2.07. The molecule has 0 spiro atoms. The first-order valence-corrected chi connectivity index (χ1v) is 7.75. The molecule has 0 aliphatic heterocycles. The predicted molar refractivity (Wildman–Crippen MR) is 89.9 cm³/mol.